The van der Waals surface area contributed by atoms with Crippen LogP contribution in [0.3, 0.4) is 0 Å². The van der Waals surface area contributed by atoms with Crippen molar-refractivity contribution in [2.24, 2.45) is 0 Å². The molecule has 8 heteroatoms. The number of aromatic nitrogens is 3. The minimum atomic E-state index is -0.493. The first kappa shape index (κ1) is 16.1. The summed E-state index contributed by atoms with van der Waals surface area (Å²) in [5, 5.41) is 9.57. The SMILES string of the molecule is O=C(CSc1n[nH]c(-c2ccc(F)cc2)n1)Nc1ccccc1F. The van der Waals surface area contributed by atoms with E-state index in [1.807, 2.05) is 0 Å². The van der Waals surface area contributed by atoms with Gasteiger partial charge in [-0.25, -0.2) is 13.8 Å². The van der Waals surface area contributed by atoms with E-state index in [0.717, 1.165) is 11.8 Å². The molecule has 0 aliphatic heterocycles. The van der Waals surface area contributed by atoms with Crippen molar-refractivity contribution in [1.29, 1.82) is 0 Å². The average molecular weight is 346 g/mol. The third kappa shape index (κ3) is 3.96. The molecular formula is C16H12F2N4OS. The lowest BCUT2D eigenvalue weighted by Crippen LogP contribution is -2.15. The molecule has 2 N–H and O–H groups in total. The predicted octanol–water partition coefficient (Wildman–Crippen LogP) is 3.48. The lowest BCUT2D eigenvalue weighted by atomic mass is 10.2. The van der Waals surface area contributed by atoms with Gasteiger partial charge in [0.1, 0.15) is 11.6 Å². The smallest absolute Gasteiger partial charge is 0.234 e. The number of H-pyrrole nitrogens is 1. The van der Waals surface area contributed by atoms with Crippen LogP contribution < -0.4 is 5.32 Å². The standard InChI is InChI=1S/C16H12F2N4OS/c17-11-7-5-10(6-8-11)15-20-16(22-21-15)24-9-14(23)19-13-4-2-1-3-12(13)18/h1-8H,9H2,(H,19,23)(H,20,21,22). The number of anilines is 1. The summed E-state index contributed by atoms with van der Waals surface area (Å²) in [7, 11) is 0. The van der Waals surface area contributed by atoms with Gasteiger partial charge in [0.15, 0.2) is 5.82 Å². The fourth-order valence-electron chi connectivity index (χ4n) is 1.93. The van der Waals surface area contributed by atoms with E-state index < -0.39 is 5.82 Å². The third-order valence-corrected chi connectivity index (χ3v) is 3.91. The second kappa shape index (κ2) is 7.22. The highest BCUT2D eigenvalue weighted by atomic mass is 32.2. The summed E-state index contributed by atoms with van der Waals surface area (Å²) in [6.07, 6.45) is 0. The Morgan fingerprint density at radius 2 is 1.88 bits per heavy atom. The molecule has 0 fully saturated rings. The summed E-state index contributed by atoms with van der Waals surface area (Å²) in [6, 6.07) is 11.7. The summed E-state index contributed by atoms with van der Waals surface area (Å²) < 4.78 is 26.4. The normalized spacial score (nSPS) is 10.6. The van der Waals surface area contributed by atoms with E-state index in [9.17, 15) is 13.6 Å². The molecule has 0 bridgehead atoms. The highest BCUT2D eigenvalue weighted by Crippen LogP contribution is 2.20. The second-order valence-electron chi connectivity index (χ2n) is 4.79. The first-order valence-corrected chi connectivity index (χ1v) is 7.96. The van der Waals surface area contributed by atoms with Crippen LogP contribution in [0.25, 0.3) is 11.4 Å². The number of nitrogens with zero attached hydrogens (tertiary/aromatic N) is 2. The molecule has 0 saturated carbocycles. The minimum Gasteiger partial charge on any atom is -0.323 e. The number of nitrogens with one attached hydrogen (secondary N) is 2. The van der Waals surface area contributed by atoms with Crippen LogP contribution in [-0.2, 0) is 4.79 Å². The molecule has 0 atom stereocenters. The number of rotatable bonds is 5. The molecule has 122 valence electrons. The highest BCUT2D eigenvalue weighted by Gasteiger charge is 2.10. The monoisotopic (exact) mass is 346 g/mol. The van der Waals surface area contributed by atoms with Crippen molar-refractivity contribution in [3.63, 3.8) is 0 Å². The molecule has 0 spiro atoms. The number of hydrogen-bond acceptors (Lipinski definition) is 4. The van der Waals surface area contributed by atoms with Crippen molar-refractivity contribution in [2.75, 3.05) is 11.1 Å². The number of carbonyl (C=O) groups is 1. The van der Waals surface area contributed by atoms with Crippen LogP contribution in [-0.4, -0.2) is 26.8 Å². The van der Waals surface area contributed by atoms with Crippen molar-refractivity contribution in [1.82, 2.24) is 15.2 Å². The van der Waals surface area contributed by atoms with Gasteiger partial charge in [0, 0.05) is 5.56 Å². The first-order chi connectivity index (χ1) is 11.6. The Morgan fingerprint density at radius 3 is 2.62 bits per heavy atom. The Morgan fingerprint density at radius 1 is 1.12 bits per heavy atom. The molecule has 1 aromatic heterocycles. The van der Waals surface area contributed by atoms with Gasteiger partial charge in [-0.1, -0.05) is 23.9 Å². The minimum absolute atomic E-state index is 0.0368. The average Bonchev–Trinajstić information content (AvgIpc) is 3.05. The van der Waals surface area contributed by atoms with Crippen LogP contribution in [0.15, 0.2) is 53.7 Å². The summed E-state index contributed by atoms with van der Waals surface area (Å²) in [6.45, 7) is 0. The molecule has 0 saturated heterocycles. The van der Waals surface area contributed by atoms with E-state index in [4.69, 9.17) is 0 Å². The Hall–Kier alpha value is -2.74. The first-order valence-electron chi connectivity index (χ1n) is 6.97. The van der Waals surface area contributed by atoms with E-state index in [0.29, 0.717) is 16.5 Å². The molecule has 3 rings (SSSR count). The lowest BCUT2D eigenvalue weighted by Gasteiger charge is -2.04. The second-order valence-corrected chi connectivity index (χ2v) is 5.73. The topological polar surface area (TPSA) is 70.7 Å². The number of carbonyl (C=O) groups excluding carboxylic acids is 1. The van der Waals surface area contributed by atoms with Crippen molar-refractivity contribution < 1.29 is 13.6 Å². The molecule has 0 radical (unpaired) electrons. The molecule has 0 unspecified atom stereocenters. The van der Waals surface area contributed by atoms with E-state index in [2.05, 4.69) is 20.5 Å². The van der Waals surface area contributed by atoms with Crippen LogP contribution in [0, 0.1) is 11.6 Å². The Labute approximate surface area is 140 Å². The maximum Gasteiger partial charge on any atom is 0.234 e. The molecule has 0 aliphatic carbocycles. The molecule has 0 aliphatic rings. The number of para-hydroxylation sites is 1. The summed E-state index contributed by atoms with van der Waals surface area (Å²) in [5.41, 5.74) is 0.816. The predicted molar refractivity (Wildman–Crippen MR) is 87.5 cm³/mol. The van der Waals surface area contributed by atoms with Crippen LogP contribution in [0.4, 0.5) is 14.5 Å². The zero-order chi connectivity index (χ0) is 16.9. The van der Waals surface area contributed by atoms with Crippen molar-refractivity contribution in [3.05, 3.63) is 60.2 Å². The molecule has 2 aromatic carbocycles. The summed E-state index contributed by atoms with van der Waals surface area (Å²) in [5.74, 6) is -0.676. The Kier molecular flexibility index (Phi) is 4.85. The van der Waals surface area contributed by atoms with Crippen molar-refractivity contribution in [3.8, 4) is 11.4 Å². The largest absolute Gasteiger partial charge is 0.323 e. The quantitative estimate of drug-likeness (QED) is 0.694. The zero-order valence-corrected chi connectivity index (χ0v) is 13.1. The van der Waals surface area contributed by atoms with Crippen molar-refractivity contribution >= 4 is 23.4 Å². The van der Waals surface area contributed by atoms with Gasteiger partial charge in [-0.15, -0.1) is 5.10 Å². The summed E-state index contributed by atoms with van der Waals surface area (Å²) >= 11 is 1.11. The molecule has 1 amide bonds. The molecule has 5 nitrogen and oxygen atoms in total. The highest BCUT2D eigenvalue weighted by molar-refractivity contribution is 7.99. The van der Waals surface area contributed by atoms with Gasteiger partial charge in [0.25, 0.3) is 0 Å². The van der Waals surface area contributed by atoms with Crippen LogP contribution in [0.2, 0.25) is 0 Å². The number of aromatic amines is 1. The molecule has 24 heavy (non-hydrogen) atoms. The molecule has 1 heterocycles. The molecular weight excluding hydrogens is 334 g/mol. The fraction of sp³-hybridized carbons (Fsp3) is 0.0625. The Balaban J connectivity index is 1.58. The van der Waals surface area contributed by atoms with Gasteiger partial charge in [0.05, 0.1) is 11.4 Å². The van der Waals surface area contributed by atoms with Gasteiger partial charge in [0.2, 0.25) is 11.1 Å². The van der Waals surface area contributed by atoms with Crippen molar-refractivity contribution in [2.45, 2.75) is 5.16 Å². The van der Waals surface area contributed by atoms with Crippen LogP contribution >= 0.6 is 11.8 Å². The third-order valence-electron chi connectivity index (χ3n) is 3.06. The fourth-order valence-corrected chi connectivity index (χ4v) is 2.53. The van der Waals surface area contributed by atoms with Gasteiger partial charge in [-0.3, -0.25) is 9.89 Å². The number of thioether (sulfide) groups is 1. The van der Waals surface area contributed by atoms with Gasteiger partial charge in [-0.05, 0) is 36.4 Å². The Bertz CT molecular complexity index is 851. The number of amides is 1. The maximum absolute atomic E-state index is 13.5. The van der Waals surface area contributed by atoms with Crippen LogP contribution in [0.1, 0.15) is 0 Å². The zero-order valence-electron chi connectivity index (χ0n) is 12.3. The van der Waals surface area contributed by atoms with Gasteiger partial charge in [-0.2, -0.15) is 0 Å². The summed E-state index contributed by atoms with van der Waals surface area (Å²) in [4.78, 5) is 16.1. The van der Waals surface area contributed by atoms with Gasteiger partial charge < -0.3 is 5.32 Å². The lowest BCUT2D eigenvalue weighted by molar-refractivity contribution is -0.113. The van der Waals surface area contributed by atoms with E-state index in [-0.39, 0.29) is 23.2 Å². The van der Waals surface area contributed by atoms with Crippen LogP contribution in [0.5, 0.6) is 0 Å². The van der Waals surface area contributed by atoms with Gasteiger partial charge >= 0.3 is 0 Å². The number of halogens is 2. The number of hydrogen-bond donors (Lipinski definition) is 2. The van der Waals surface area contributed by atoms with E-state index in [1.54, 1.807) is 24.3 Å². The van der Waals surface area contributed by atoms with E-state index >= 15 is 0 Å². The number of benzene rings is 2. The molecule has 3 aromatic rings. The van der Waals surface area contributed by atoms with E-state index in [1.165, 1.54) is 24.3 Å². The maximum atomic E-state index is 13.5.